The van der Waals surface area contributed by atoms with Gasteiger partial charge in [-0.25, -0.2) is 9.78 Å². The quantitative estimate of drug-likeness (QED) is 0.623. The van der Waals surface area contributed by atoms with Crippen LogP contribution in [-0.4, -0.2) is 34.5 Å². The summed E-state index contributed by atoms with van der Waals surface area (Å²) >= 11 is 0. The summed E-state index contributed by atoms with van der Waals surface area (Å²) in [5, 5.41) is 3.74. The number of aromatic nitrogens is 2. The van der Waals surface area contributed by atoms with Gasteiger partial charge in [-0.05, 0) is 42.5 Å². The van der Waals surface area contributed by atoms with Gasteiger partial charge in [0.15, 0.2) is 6.61 Å². The van der Waals surface area contributed by atoms with Gasteiger partial charge in [0.2, 0.25) is 0 Å². The zero-order valence-electron chi connectivity index (χ0n) is 17.9. The van der Waals surface area contributed by atoms with Crippen molar-refractivity contribution in [2.24, 2.45) is 11.8 Å². The molecule has 1 N–H and O–H groups in total. The molecule has 1 aliphatic carbocycles. The summed E-state index contributed by atoms with van der Waals surface area (Å²) in [5.41, 5.74) is 2.60. The van der Waals surface area contributed by atoms with Crippen molar-refractivity contribution in [3.8, 4) is 11.3 Å². The average molecular weight is 418 g/mol. The summed E-state index contributed by atoms with van der Waals surface area (Å²) in [5.74, 6) is 0.206. The highest BCUT2D eigenvalue weighted by molar-refractivity contribution is 6.05. The number of hydrogen-bond acceptors (Lipinski definition) is 5. The fraction of sp³-hybridized carbons (Fsp3) is 0.360. The van der Waals surface area contributed by atoms with Crippen molar-refractivity contribution < 1.29 is 14.3 Å². The molecule has 0 unspecified atom stereocenters. The van der Waals surface area contributed by atoms with Gasteiger partial charge in [0.1, 0.15) is 0 Å². The van der Waals surface area contributed by atoms with Crippen LogP contribution in [-0.2, 0) is 9.53 Å². The normalized spacial score (nSPS) is 20.9. The number of benzene rings is 1. The van der Waals surface area contributed by atoms with Crippen LogP contribution < -0.4 is 5.32 Å². The minimum absolute atomic E-state index is 0.134. The molecule has 31 heavy (non-hydrogen) atoms. The molecule has 2 heterocycles. The summed E-state index contributed by atoms with van der Waals surface area (Å²) in [6, 6.07) is 12.9. The van der Waals surface area contributed by atoms with E-state index in [0.29, 0.717) is 34.0 Å². The fourth-order valence-electron chi connectivity index (χ4n) is 4.26. The number of rotatable bonds is 5. The van der Waals surface area contributed by atoms with Crippen LogP contribution in [0.1, 0.15) is 43.5 Å². The standard InChI is InChI=1S/C25H27N3O3/c1-16-6-5-9-21(17(16)2)28-24(29)15-31-25(30)20-14-23(18-10-12-26-13-11-18)27-22-8-4-3-7-19(20)22/h3-4,7-8,10-14,16-17,21H,5-6,9,15H2,1-2H3,(H,28,29)/t16-,17-,21+/m1/s1. The first-order valence-electron chi connectivity index (χ1n) is 10.8. The van der Waals surface area contributed by atoms with E-state index < -0.39 is 5.97 Å². The first kappa shape index (κ1) is 21.0. The minimum atomic E-state index is -0.533. The van der Waals surface area contributed by atoms with Crippen molar-refractivity contribution >= 4 is 22.8 Å². The predicted molar refractivity (Wildman–Crippen MR) is 119 cm³/mol. The third-order valence-corrected chi connectivity index (χ3v) is 6.30. The molecule has 0 spiro atoms. The lowest BCUT2D eigenvalue weighted by Gasteiger charge is -2.34. The summed E-state index contributed by atoms with van der Waals surface area (Å²) in [7, 11) is 0. The zero-order chi connectivity index (χ0) is 21.8. The van der Waals surface area contributed by atoms with Crippen LogP contribution in [0.15, 0.2) is 54.9 Å². The van der Waals surface area contributed by atoms with E-state index in [1.54, 1.807) is 18.5 Å². The molecule has 3 atom stereocenters. The monoisotopic (exact) mass is 417 g/mol. The van der Waals surface area contributed by atoms with E-state index in [1.807, 2.05) is 36.4 Å². The third-order valence-electron chi connectivity index (χ3n) is 6.30. The molecular weight excluding hydrogens is 390 g/mol. The number of ether oxygens (including phenoxy) is 1. The second-order valence-electron chi connectivity index (χ2n) is 8.33. The Bertz CT molecular complexity index is 1080. The predicted octanol–water partition coefficient (Wildman–Crippen LogP) is 4.39. The van der Waals surface area contributed by atoms with E-state index in [-0.39, 0.29) is 18.6 Å². The Morgan fingerprint density at radius 3 is 2.68 bits per heavy atom. The number of hydrogen-bond donors (Lipinski definition) is 1. The maximum absolute atomic E-state index is 12.9. The molecule has 1 aromatic carbocycles. The fourth-order valence-corrected chi connectivity index (χ4v) is 4.26. The molecule has 160 valence electrons. The van der Waals surface area contributed by atoms with Gasteiger partial charge in [0.25, 0.3) is 5.91 Å². The molecule has 4 rings (SSSR count). The molecule has 6 nitrogen and oxygen atoms in total. The first-order valence-corrected chi connectivity index (χ1v) is 10.8. The van der Waals surface area contributed by atoms with Gasteiger partial charge >= 0.3 is 5.97 Å². The van der Waals surface area contributed by atoms with Gasteiger partial charge in [-0.2, -0.15) is 0 Å². The van der Waals surface area contributed by atoms with Gasteiger partial charge in [0.05, 0.1) is 16.8 Å². The van der Waals surface area contributed by atoms with Crippen LogP contribution in [0.2, 0.25) is 0 Å². The van der Waals surface area contributed by atoms with E-state index in [2.05, 4.69) is 29.1 Å². The third kappa shape index (κ3) is 4.74. The smallest absolute Gasteiger partial charge is 0.339 e. The van der Waals surface area contributed by atoms with Gasteiger partial charge in [0, 0.05) is 29.4 Å². The van der Waals surface area contributed by atoms with E-state index in [0.717, 1.165) is 18.4 Å². The molecular formula is C25H27N3O3. The summed E-state index contributed by atoms with van der Waals surface area (Å²) in [4.78, 5) is 34.1. The van der Waals surface area contributed by atoms with Gasteiger partial charge in [-0.15, -0.1) is 0 Å². The Kier molecular flexibility index (Phi) is 6.26. The zero-order valence-corrected chi connectivity index (χ0v) is 17.9. The molecule has 3 aromatic rings. The highest BCUT2D eigenvalue weighted by atomic mass is 16.5. The SMILES string of the molecule is C[C@@H]1[C@H](C)CCC[C@@H]1NC(=O)COC(=O)c1cc(-c2ccncc2)nc2ccccc12. The van der Waals surface area contributed by atoms with Crippen LogP contribution in [0.25, 0.3) is 22.2 Å². The highest BCUT2D eigenvalue weighted by Crippen LogP contribution is 2.29. The molecule has 0 bridgehead atoms. The average Bonchev–Trinajstić information content (AvgIpc) is 2.80. The Labute approximate surface area is 182 Å². The second kappa shape index (κ2) is 9.25. The Hall–Kier alpha value is -3.28. The van der Waals surface area contributed by atoms with E-state index in [4.69, 9.17) is 4.74 Å². The molecule has 1 aliphatic rings. The summed E-state index contributed by atoms with van der Waals surface area (Å²) in [6.07, 6.45) is 6.63. The van der Waals surface area contributed by atoms with Gasteiger partial charge in [-0.3, -0.25) is 9.78 Å². The number of para-hydroxylation sites is 1. The lowest BCUT2D eigenvalue weighted by Crippen LogP contribution is -2.45. The largest absolute Gasteiger partial charge is 0.452 e. The van der Waals surface area contributed by atoms with E-state index in [9.17, 15) is 9.59 Å². The molecule has 0 aliphatic heterocycles. The molecule has 0 saturated heterocycles. The number of nitrogens with one attached hydrogen (secondary N) is 1. The molecule has 1 saturated carbocycles. The molecule has 6 heteroatoms. The first-order chi connectivity index (χ1) is 15.0. The lowest BCUT2D eigenvalue weighted by atomic mass is 9.78. The molecule has 0 radical (unpaired) electrons. The maximum atomic E-state index is 12.9. The molecule has 1 amide bonds. The summed E-state index contributed by atoms with van der Waals surface area (Å²) in [6.45, 7) is 4.10. The molecule has 2 aromatic heterocycles. The Balaban J connectivity index is 1.50. The number of esters is 1. The molecule has 1 fully saturated rings. The Morgan fingerprint density at radius 1 is 1.10 bits per heavy atom. The minimum Gasteiger partial charge on any atom is -0.452 e. The van der Waals surface area contributed by atoms with Crippen molar-refractivity contribution in [3.63, 3.8) is 0 Å². The number of fused-ring (bicyclic) bond motifs is 1. The van der Waals surface area contributed by atoms with Crippen molar-refractivity contribution in [3.05, 3.63) is 60.4 Å². The van der Waals surface area contributed by atoms with Crippen LogP contribution in [0, 0.1) is 11.8 Å². The number of carbonyl (C=O) groups excluding carboxylic acids is 2. The van der Waals surface area contributed by atoms with Crippen LogP contribution in [0.3, 0.4) is 0 Å². The van der Waals surface area contributed by atoms with Crippen molar-refractivity contribution in [1.29, 1.82) is 0 Å². The topological polar surface area (TPSA) is 81.2 Å². The lowest BCUT2D eigenvalue weighted by molar-refractivity contribution is -0.125. The van der Waals surface area contributed by atoms with Crippen molar-refractivity contribution in [2.45, 2.75) is 39.2 Å². The second-order valence-corrected chi connectivity index (χ2v) is 8.33. The van der Waals surface area contributed by atoms with Crippen LogP contribution in [0.5, 0.6) is 0 Å². The van der Waals surface area contributed by atoms with Gasteiger partial charge in [-0.1, -0.05) is 44.9 Å². The number of pyridine rings is 2. The van der Waals surface area contributed by atoms with Crippen LogP contribution in [0.4, 0.5) is 0 Å². The number of amides is 1. The maximum Gasteiger partial charge on any atom is 0.339 e. The number of nitrogens with zero attached hydrogens (tertiary/aromatic N) is 2. The highest BCUT2D eigenvalue weighted by Gasteiger charge is 2.28. The summed E-state index contributed by atoms with van der Waals surface area (Å²) < 4.78 is 5.40. The Morgan fingerprint density at radius 2 is 1.87 bits per heavy atom. The van der Waals surface area contributed by atoms with Crippen molar-refractivity contribution in [1.82, 2.24) is 15.3 Å². The van der Waals surface area contributed by atoms with E-state index >= 15 is 0 Å². The van der Waals surface area contributed by atoms with Crippen molar-refractivity contribution in [2.75, 3.05) is 6.61 Å². The van der Waals surface area contributed by atoms with Gasteiger partial charge < -0.3 is 10.1 Å². The van der Waals surface area contributed by atoms with E-state index in [1.165, 1.54) is 6.42 Å². The van der Waals surface area contributed by atoms with Crippen LogP contribution >= 0.6 is 0 Å². The number of carbonyl (C=O) groups is 2.